The SMILES string of the molecule is CCOC[C@@]1(O)CC[C@H]2[C@H](CC[C@@H]3[C@@H]2CC[C@]2(C)C([C@@H](C)Nc4cccc(N5CCCC5=O)n4)CC[C@@H]32)C1. The molecule has 6 heteroatoms. The fourth-order valence-corrected chi connectivity index (χ4v) is 10.1. The summed E-state index contributed by atoms with van der Waals surface area (Å²) in [5, 5.41) is 15.0. The second kappa shape index (κ2) is 10.4. The maximum atomic E-state index is 12.2. The van der Waals surface area contributed by atoms with Gasteiger partial charge in [0.05, 0.1) is 12.2 Å². The molecule has 4 aliphatic carbocycles. The number of aromatic nitrogens is 1. The summed E-state index contributed by atoms with van der Waals surface area (Å²) in [4.78, 5) is 18.9. The Bertz CT molecular complexity index is 1020. The lowest BCUT2D eigenvalue weighted by atomic mass is 9.48. The van der Waals surface area contributed by atoms with Crippen LogP contribution in [0.4, 0.5) is 11.6 Å². The molecule has 1 aromatic heterocycles. The number of hydrogen-bond donors (Lipinski definition) is 2. The first kappa shape index (κ1) is 26.6. The van der Waals surface area contributed by atoms with Gasteiger partial charge in [-0.15, -0.1) is 0 Å². The van der Waals surface area contributed by atoms with E-state index in [1.807, 2.05) is 24.0 Å². The predicted molar refractivity (Wildman–Crippen MR) is 151 cm³/mol. The van der Waals surface area contributed by atoms with Crippen LogP contribution >= 0.6 is 0 Å². The molecule has 38 heavy (non-hydrogen) atoms. The Kier molecular flexibility index (Phi) is 7.26. The van der Waals surface area contributed by atoms with E-state index >= 15 is 0 Å². The van der Waals surface area contributed by atoms with Crippen LogP contribution in [-0.4, -0.2) is 47.4 Å². The molecule has 6 rings (SSSR count). The van der Waals surface area contributed by atoms with Gasteiger partial charge in [-0.2, -0.15) is 0 Å². The highest BCUT2D eigenvalue weighted by molar-refractivity contribution is 5.94. The van der Waals surface area contributed by atoms with Gasteiger partial charge in [0.15, 0.2) is 0 Å². The number of carbonyl (C=O) groups excluding carboxylic acids is 1. The van der Waals surface area contributed by atoms with E-state index in [1.165, 1.54) is 44.9 Å². The standard InChI is InChI=1S/C32H49N3O3/c1-4-38-20-32(37)17-15-23-22(19-32)10-11-25-24(23)14-16-31(3)26(12-13-27(25)31)21(2)33-28-7-5-8-29(34-28)35-18-6-9-30(35)36/h5,7-8,21-27,37H,4,6,9-20H2,1-3H3,(H,33,34)/t21-,22-,23+,24-,25-,26?,27+,31-,32-/m1/s1. The number of nitrogens with one attached hydrogen (secondary N) is 1. The van der Waals surface area contributed by atoms with Gasteiger partial charge in [0, 0.05) is 25.6 Å². The number of nitrogens with zero attached hydrogens (tertiary/aromatic N) is 2. The van der Waals surface area contributed by atoms with Crippen LogP contribution in [0.15, 0.2) is 18.2 Å². The van der Waals surface area contributed by atoms with Crippen LogP contribution in [0.1, 0.15) is 91.4 Å². The van der Waals surface area contributed by atoms with E-state index < -0.39 is 5.60 Å². The second-order valence-corrected chi connectivity index (χ2v) is 13.7. The molecule has 1 unspecified atom stereocenters. The summed E-state index contributed by atoms with van der Waals surface area (Å²) >= 11 is 0. The van der Waals surface area contributed by atoms with E-state index in [4.69, 9.17) is 9.72 Å². The third kappa shape index (κ3) is 4.68. The first-order valence-electron chi connectivity index (χ1n) is 15.7. The largest absolute Gasteiger partial charge is 0.387 e. The topological polar surface area (TPSA) is 74.7 Å². The second-order valence-electron chi connectivity index (χ2n) is 13.7. The number of carbonyl (C=O) groups is 1. The zero-order valence-corrected chi connectivity index (χ0v) is 23.8. The molecule has 1 aliphatic heterocycles. The third-order valence-corrected chi connectivity index (χ3v) is 11.8. The van der Waals surface area contributed by atoms with Gasteiger partial charge in [-0.05, 0) is 131 Å². The van der Waals surface area contributed by atoms with Crippen LogP contribution < -0.4 is 10.2 Å². The summed E-state index contributed by atoms with van der Waals surface area (Å²) in [5.41, 5.74) is -0.215. The van der Waals surface area contributed by atoms with E-state index in [1.54, 1.807) is 0 Å². The summed E-state index contributed by atoms with van der Waals surface area (Å²) in [5.74, 6) is 6.53. The van der Waals surface area contributed by atoms with Crippen molar-refractivity contribution in [3.05, 3.63) is 18.2 Å². The number of fused-ring (bicyclic) bond motifs is 5. The van der Waals surface area contributed by atoms with Crippen molar-refractivity contribution in [2.24, 2.45) is 40.9 Å². The van der Waals surface area contributed by atoms with E-state index in [2.05, 4.69) is 25.2 Å². The molecule has 4 saturated carbocycles. The molecule has 9 atom stereocenters. The molecule has 2 N–H and O–H groups in total. The smallest absolute Gasteiger partial charge is 0.228 e. The molecule has 5 aliphatic rings. The van der Waals surface area contributed by atoms with Gasteiger partial charge in [0.25, 0.3) is 0 Å². The number of rotatable bonds is 7. The van der Waals surface area contributed by atoms with E-state index in [9.17, 15) is 9.90 Å². The molecular formula is C32H49N3O3. The predicted octanol–water partition coefficient (Wildman–Crippen LogP) is 6.05. The number of hydrogen-bond acceptors (Lipinski definition) is 5. The Hall–Kier alpha value is -1.66. The van der Waals surface area contributed by atoms with Crippen molar-refractivity contribution in [1.29, 1.82) is 0 Å². The quantitative estimate of drug-likeness (QED) is 0.455. The molecule has 0 radical (unpaired) electrons. The Labute approximate surface area is 229 Å². The molecule has 2 heterocycles. The molecule has 0 aromatic carbocycles. The summed E-state index contributed by atoms with van der Waals surface area (Å²) in [6, 6.07) is 6.42. The molecule has 5 fully saturated rings. The van der Waals surface area contributed by atoms with Crippen molar-refractivity contribution in [2.75, 3.05) is 30.0 Å². The third-order valence-electron chi connectivity index (χ3n) is 11.8. The van der Waals surface area contributed by atoms with Crippen molar-refractivity contribution >= 4 is 17.5 Å². The normalized spacial score (nSPS) is 41.4. The van der Waals surface area contributed by atoms with Crippen molar-refractivity contribution in [3.63, 3.8) is 0 Å². The van der Waals surface area contributed by atoms with Crippen LogP contribution in [0.5, 0.6) is 0 Å². The maximum Gasteiger partial charge on any atom is 0.228 e. The first-order chi connectivity index (χ1) is 18.3. The number of amides is 1. The van der Waals surface area contributed by atoms with Crippen LogP contribution in [0.2, 0.25) is 0 Å². The highest BCUT2D eigenvalue weighted by atomic mass is 16.5. The Morgan fingerprint density at radius 2 is 1.97 bits per heavy atom. The molecule has 0 bridgehead atoms. The van der Waals surface area contributed by atoms with Gasteiger partial charge >= 0.3 is 0 Å². The van der Waals surface area contributed by atoms with Crippen molar-refractivity contribution in [1.82, 2.24) is 4.98 Å². The van der Waals surface area contributed by atoms with Crippen LogP contribution in [0.25, 0.3) is 0 Å². The molecule has 210 valence electrons. The summed E-state index contributed by atoms with van der Waals surface area (Å²) in [7, 11) is 0. The highest BCUT2D eigenvalue weighted by Crippen LogP contribution is 2.65. The molecule has 1 amide bonds. The number of anilines is 2. The number of ether oxygens (including phenoxy) is 1. The van der Waals surface area contributed by atoms with E-state index in [0.29, 0.717) is 42.9 Å². The molecule has 6 nitrogen and oxygen atoms in total. The average Bonchev–Trinajstić information content (AvgIpc) is 3.50. The summed E-state index contributed by atoms with van der Waals surface area (Å²) < 4.78 is 5.67. The average molecular weight is 524 g/mol. The molecule has 1 aromatic rings. The van der Waals surface area contributed by atoms with Gasteiger partial charge in [0.2, 0.25) is 5.91 Å². The van der Waals surface area contributed by atoms with Gasteiger partial charge < -0.3 is 15.2 Å². The van der Waals surface area contributed by atoms with Crippen LogP contribution in [0, 0.1) is 40.9 Å². The lowest BCUT2D eigenvalue weighted by Gasteiger charge is -2.57. The van der Waals surface area contributed by atoms with Crippen molar-refractivity contribution < 1.29 is 14.6 Å². The highest BCUT2D eigenvalue weighted by Gasteiger charge is 2.58. The summed E-state index contributed by atoms with van der Waals surface area (Å²) in [6.45, 7) is 8.97. The van der Waals surface area contributed by atoms with Gasteiger partial charge in [0.1, 0.15) is 11.6 Å². The zero-order chi connectivity index (χ0) is 26.5. The Morgan fingerprint density at radius 3 is 2.76 bits per heavy atom. The summed E-state index contributed by atoms with van der Waals surface area (Å²) in [6.07, 6.45) is 12.6. The lowest BCUT2D eigenvalue weighted by molar-refractivity contribution is -0.128. The van der Waals surface area contributed by atoms with Crippen molar-refractivity contribution in [3.8, 4) is 0 Å². The monoisotopic (exact) mass is 523 g/mol. The fraction of sp³-hybridized carbons (Fsp3) is 0.812. The minimum Gasteiger partial charge on any atom is -0.387 e. The van der Waals surface area contributed by atoms with Crippen LogP contribution in [0.3, 0.4) is 0 Å². The molecule has 1 saturated heterocycles. The lowest BCUT2D eigenvalue weighted by Crippen LogP contribution is -2.52. The minimum absolute atomic E-state index is 0.192. The van der Waals surface area contributed by atoms with Gasteiger partial charge in [-0.25, -0.2) is 4.98 Å². The Balaban J connectivity index is 1.12. The molecule has 0 spiro atoms. The minimum atomic E-state index is -0.597. The van der Waals surface area contributed by atoms with E-state index in [0.717, 1.165) is 61.1 Å². The number of pyridine rings is 1. The molecular weight excluding hydrogens is 474 g/mol. The first-order valence-corrected chi connectivity index (χ1v) is 15.7. The van der Waals surface area contributed by atoms with Crippen LogP contribution in [-0.2, 0) is 9.53 Å². The Morgan fingerprint density at radius 1 is 1.13 bits per heavy atom. The van der Waals surface area contributed by atoms with E-state index in [-0.39, 0.29) is 5.91 Å². The zero-order valence-electron chi connectivity index (χ0n) is 23.8. The van der Waals surface area contributed by atoms with Gasteiger partial charge in [-0.1, -0.05) is 13.0 Å². The fourth-order valence-electron chi connectivity index (χ4n) is 10.1. The maximum absolute atomic E-state index is 12.2. The van der Waals surface area contributed by atoms with Crippen molar-refractivity contribution in [2.45, 2.75) is 103 Å². The van der Waals surface area contributed by atoms with Gasteiger partial charge in [-0.3, -0.25) is 9.69 Å². The number of aliphatic hydroxyl groups is 1.